The molecule has 3 heterocycles. The van der Waals surface area contributed by atoms with Crippen molar-refractivity contribution in [2.45, 2.75) is 40.4 Å². The third-order valence-electron chi connectivity index (χ3n) is 5.69. The van der Waals surface area contributed by atoms with E-state index in [0.717, 1.165) is 11.6 Å². The standard InChI is InChI=1S/C24H22F3N5O2S/c1-5-32-13(4)17(12(3)31-32)22(34)30-19-18-15(14-8-6-11(2)7-9-14)10-16(24(25,26)27)29-23(18)35-20(19)21(28)33/h6-10H,5H2,1-4H3,(H2,28,33)(H,30,34). The lowest BCUT2D eigenvalue weighted by Crippen LogP contribution is -2.18. The van der Waals surface area contributed by atoms with Crippen LogP contribution in [0.25, 0.3) is 21.3 Å². The number of aromatic nitrogens is 3. The van der Waals surface area contributed by atoms with Gasteiger partial charge in [-0.05, 0) is 44.9 Å². The van der Waals surface area contributed by atoms with Gasteiger partial charge in [0.05, 0.1) is 16.9 Å². The van der Waals surface area contributed by atoms with Gasteiger partial charge in [-0.3, -0.25) is 14.3 Å². The molecule has 7 nitrogen and oxygen atoms in total. The molecule has 35 heavy (non-hydrogen) atoms. The number of nitrogens with one attached hydrogen (secondary N) is 1. The third kappa shape index (κ3) is 4.39. The van der Waals surface area contributed by atoms with E-state index in [4.69, 9.17) is 5.73 Å². The van der Waals surface area contributed by atoms with Gasteiger partial charge in [0.2, 0.25) is 0 Å². The molecule has 0 spiro atoms. The van der Waals surface area contributed by atoms with Gasteiger partial charge in [-0.15, -0.1) is 11.3 Å². The Morgan fingerprint density at radius 3 is 2.34 bits per heavy atom. The maximum absolute atomic E-state index is 13.7. The molecule has 182 valence electrons. The topological polar surface area (TPSA) is 103 Å². The van der Waals surface area contributed by atoms with E-state index >= 15 is 0 Å². The van der Waals surface area contributed by atoms with Crippen LogP contribution in [0.5, 0.6) is 0 Å². The molecule has 0 saturated heterocycles. The molecule has 2 amide bonds. The quantitative estimate of drug-likeness (QED) is 0.378. The number of primary amides is 1. The number of alkyl halides is 3. The van der Waals surface area contributed by atoms with Crippen LogP contribution in [0.4, 0.5) is 18.9 Å². The van der Waals surface area contributed by atoms with Crippen molar-refractivity contribution >= 4 is 39.1 Å². The normalized spacial score (nSPS) is 11.7. The Bertz CT molecular complexity index is 1470. The average Bonchev–Trinajstić information content (AvgIpc) is 3.29. The number of rotatable bonds is 5. The lowest BCUT2D eigenvalue weighted by Gasteiger charge is -2.13. The Labute approximate surface area is 202 Å². The molecule has 0 bridgehead atoms. The summed E-state index contributed by atoms with van der Waals surface area (Å²) in [6.45, 7) is 7.72. The number of hydrogen-bond acceptors (Lipinski definition) is 5. The second-order valence-corrected chi connectivity index (χ2v) is 9.08. The largest absolute Gasteiger partial charge is 0.433 e. The summed E-state index contributed by atoms with van der Waals surface area (Å²) in [6.07, 6.45) is -4.71. The molecule has 0 aliphatic heterocycles. The summed E-state index contributed by atoms with van der Waals surface area (Å²) in [5.74, 6) is -1.43. The van der Waals surface area contributed by atoms with E-state index in [2.05, 4.69) is 15.4 Å². The van der Waals surface area contributed by atoms with Crippen molar-refractivity contribution in [3.05, 3.63) is 63.4 Å². The molecule has 0 saturated carbocycles. The van der Waals surface area contributed by atoms with E-state index in [1.165, 1.54) is 0 Å². The zero-order chi connectivity index (χ0) is 25.7. The lowest BCUT2D eigenvalue weighted by atomic mass is 10.00. The second-order valence-electron chi connectivity index (χ2n) is 8.09. The predicted octanol–water partition coefficient (Wildman–Crippen LogP) is 5.47. The molecule has 4 aromatic rings. The van der Waals surface area contributed by atoms with Crippen LogP contribution >= 0.6 is 11.3 Å². The number of aryl methyl sites for hydroxylation is 3. The summed E-state index contributed by atoms with van der Waals surface area (Å²) in [5.41, 5.74) is 7.49. The highest BCUT2D eigenvalue weighted by Crippen LogP contribution is 2.44. The van der Waals surface area contributed by atoms with Crippen molar-refractivity contribution in [2.24, 2.45) is 5.73 Å². The first kappa shape index (κ1) is 24.4. The number of hydrogen-bond donors (Lipinski definition) is 2. The van der Waals surface area contributed by atoms with E-state index in [9.17, 15) is 22.8 Å². The Hall–Kier alpha value is -3.73. The van der Waals surface area contributed by atoms with Gasteiger partial charge in [-0.1, -0.05) is 29.8 Å². The van der Waals surface area contributed by atoms with Crippen LogP contribution in [0.1, 0.15) is 49.6 Å². The molecule has 1 aromatic carbocycles. The van der Waals surface area contributed by atoms with E-state index in [1.54, 1.807) is 42.8 Å². The molecule has 11 heteroatoms. The van der Waals surface area contributed by atoms with E-state index in [0.29, 0.717) is 40.4 Å². The number of amides is 2. The van der Waals surface area contributed by atoms with Gasteiger partial charge in [0.15, 0.2) is 0 Å². The minimum absolute atomic E-state index is 0.0300. The first-order valence-electron chi connectivity index (χ1n) is 10.7. The van der Waals surface area contributed by atoms with Crippen LogP contribution < -0.4 is 11.1 Å². The van der Waals surface area contributed by atoms with Crippen LogP contribution in [-0.4, -0.2) is 26.6 Å². The van der Waals surface area contributed by atoms with E-state index < -0.39 is 23.7 Å². The average molecular weight is 502 g/mol. The monoisotopic (exact) mass is 501 g/mol. The summed E-state index contributed by atoms with van der Waals surface area (Å²) >= 11 is 0.708. The fourth-order valence-electron chi connectivity index (χ4n) is 4.01. The summed E-state index contributed by atoms with van der Waals surface area (Å²) in [4.78, 5) is 29.2. The highest BCUT2D eigenvalue weighted by Gasteiger charge is 2.35. The first-order chi connectivity index (χ1) is 16.4. The number of thiophene rings is 1. The minimum Gasteiger partial charge on any atom is -0.365 e. The Kier molecular flexibility index (Phi) is 6.14. The van der Waals surface area contributed by atoms with Crippen molar-refractivity contribution in [2.75, 3.05) is 5.32 Å². The number of anilines is 1. The fourth-order valence-corrected chi connectivity index (χ4v) is 5.01. The van der Waals surface area contributed by atoms with Crippen molar-refractivity contribution in [1.82, 2.24) is 14.8 Å². The SMILES string of the molecule is CCn1nc(C)c(C(=O)Nc2c(C(N)=O)sc3nc(C(F)(F)F)cc(-c4ccc(C)cc4)c23)c1C. The Morgan fingerprint density at radius 2 is 1.80 bits per heavy atom. The predicted molar refractivity (Wildman–Crippen MR) is 129 cm³/mol. The number of fused-ring (bicyclic) bond motifs is 1. The molecule has 4 rings (SSSR count). The zero-order valence-corrected chi connectivity index (χ0v) is 20.2. The highest BCUT2D eigenvalue weighted by atomic mass is 32.1. The maximum Gasteiger partial charge on any atom is 0.433 e. The molecule has 0 unspecified atom stereocenters. The van der Waals surface area contributed by atoms with Crippen LogP contribution in [0, 0.1) is 20.8 Å². The van der Waals surface area contributed by atoms with E-state index in [-0.39, 0.29) is 26.3 Å². The van der Waals surface area contributed by atoms with Gasteiger partial charge in [-0.25, -0.2) is 4.98 Å². The van der Waals surface area contributed by atoms with Crippen molar-refractivity contribution in [1.29, 1.82) is 0 Å². The molecule has 0 aliphatic carbocycles. The highest BCUT2D eigenvalue weighted by molar-refractivity contribution is 7.21. The molecule has 0 fully saturated rings. The van der Waals surface area contributed by atoms with Crippen LogP contribution in [-0.2, 0) is 12.7 Å². The molecule has 3 aromatic heterocycles. The van der Waals surface area contributed by atoms with Gasteiger partial charge in [0, 0.05) is 17.6 Å². The number of pyridine rings is 1. The number of carbonyl (C=O) groups excluding carboxylic acids is 2. The lowest BCUT2D eigenvalue weighted by molar-refractivity contribution is -0.140. The number of carbonyl (C=O) groups is 2. The van der Waals surface area contributed by atoms with Gasteiger partial charge in [-0.2, -0.15) is 18.3 Å². The van der Waals surface area contributed by atoms with Crippen molar-refractivity contribution in [3.8, 4) is 11.1 Å². The minimum atomic E-state index is -4.71. The van der Waals surface area contributed by atoms with E-state index in [1.807, 2.05) is 13.8 Å². The van der Waals surface area contributed by atoms with Crippen LogP contribution in [0.3, 0.4) is 0 Å². The number of nitrogens with zero attached hydrogens (tertiary/aromatic N) is 3. The van der Waals surface area contributed by atoms with Gasteiger partial charge >= 0.3 is 6.18 Å². The summed E-state index contributed by atoms with van der Waals surface area (Å²) < 4.78 is 42.7. The summed E-state index contributed by atoms with van der Waals surface area (Å²) in [7, 11) is 0. The zero-order valence-electron chi connectivity index (χ0n) is 19.4. The van der Waals surface area contributed by atoms with Gasteiger partial charge in [0.1, 0.15) is 15.4 Å². The third-order valence-corrected chi connectivity index (χ3v) is 6.78. The Balaban J connectivity index is 1.98. The fraction of sp³-hybridized carbons (Fsp3) is 0.250. The summed E-state index contributed by atoms with van der Waals surface area (Å²) in [5, 5.41) is 7.28. The maximum atomic E-state index is 13.7. The Morgan fingerprint density at radius 1 is 1.14 bits per heavy atom. The molecule has 0 aliphatic rings. The van der Waals surface area contributed by atoms with Crippen LogP contribution in [0.15, 0.2) is 30.3 Å². The number of halogens is 3. The van der Waals surface area contributed by atoms with Gasteiger partial charge < -0.3 is 11.1 Å². The van der Waals surface area contributed by atoms with Crippen molar-refractivity contribution < 1.29 is 22.8 Å². The van der Waals surface area contributed by atoms with Crippen molar-refractivity contribution in [3.63, 3.8) is 0 Å². The summed E-state index contributed by atoms with van der Waals surface area (Å²) in [6, 6.07) is 7.81. The molecule has 0 atom stereocenters. The molecular formula is C24H22F3N5O2S. The molecule has 3 N–H and O–H groups in total. The van der Waals surface area contributed by atoms with Crippen LogP contribution in [0.2, 0.25) is 0 Å². The second kappa shape index (κ2) is 8.81. The smallest absolute Gasteiger partial charge is 0.365 e. The molecular weight excluding hydrogens is 479 g/mol. The van der Waals surface area contributed by atoms with Gasteiger partial charge in [0.25, 0.3) is 11.8 Å². The number of nitrogens with two attached hydrogens (primary N) is 1. The molecule has 0 radical (unpaired) electrons. The number of benzene rings is 1. The first-order valence-corrected chi connectivity index (χ1v) is 11.5.